The van der Waals surface area contributed by atoms with Gasteiger partial charge in [-0.15, -0.1) is 0 Å². The largest absolute Gasteiger partial charge is 0.360 e. The Morgan fingerprint density at radius 1 is 1.07 bits per heavy atom. The first-order chi connectivity index (χ1) is 13.0. The maximum atomic E-state index is 13.9. The van der Waals surface area contributed by atoms with E-state index in [0.29, 0.717) is 5.02 Å². The summed E-state index contributed by atoms with van der Waals surface area (Å²) < 4.78 is 27.2. The minimum atomic E-state index is -1.06. The van der Waals surface area contributed by atoms with E-state index < -0.39 is 29.6 Å². The Morgan fingerprint density at radius 2 is 1.82 bits per heavy atom. The van der Waals surface area contributed by atoms with Crippen LogP contribution in [0.15, 0.2) is 42.6 Å². The minimum Gasteiger partial charge on any atom is -0.360 e. The second-order valence-corrected chi connectivity index (χ2v) is 6.73. The number of imide groups is 1. The van der Waals surface area contributed by atoms with Gasteiger partial charge in [0.1, 0.15) is 6.04 Å². The van der Waals surface area contributed by atoms with E-state index in [0.717, 1.165) is 27.4 Å². The predicted molar refractivity (Wildman–Crippen MR) is 103 cm³/mol. The second kappa shape index (κ2) is 7.59. The molecule has 1 fully saturated rings. The smallest absolute Gasteiger partial charge is 0.325 e. The normalized spacial score (nSPS) is 16.4. The van der Waals surface area contributed by atoms with Crippen LogP contribution in [0.25, 0.3) is 10.9 Å². The summed E-state index contributed by atoms with van der Waals surface area (Å²) in [5.74, 6) is -2.57. The number of H-pyrrole nitrogens is 1. The van der Waals surface area contributed by atoms with Crippen LogP contribution in [-0.2, 0) is 17.8 Å². The molecule has 0 aliphatic carbocycles. The van der Waals surface area contributed by atoms with E-state index in [9.17, 15) is 18.4 Å². The molecule has 5 nitrogen and oxygen atoms in total. The first kappa shape index (κ1) is 19.8. The van der Waals surface area contributed by atoms with Crippen LogP contribution in [0.5, 0.6) is 0 Å². The standard InChI is InChI=1S/C19H14ClF2N3O2.CH4/c20-13-5-2-4-12-11(8-23-17(12)13)7-15-18(26)25(19(27)24-15)9-10-3-1-6-14(21)16(10)22;/h1-6,8,15,23H,7,9H2,(H,24,27);1H4/t15-;/m1./s1. The number of carbonyl (C=O) groups excluding carboxylic acids is 2. The van der Waals surface area contributed by atoms with E-state index in [4.69, 9.17) is 11.6 Å². The zero-order valence-electron chi connectivity index (χ0n) is 13.9. The van der Waals surface area contributed by atoms with E-state index in [2.05, 4.69) is 10.3 Å². The summed E-state index contributed by atoms with van der Waals surface area (Å²) >= 11 is 6.14. The van der Waals surface area contributed by atoms with Crippen LogP contribution in [0.3, 0.4) is 0 Å². The molecule has 2 aromatic carbocycles. The highest BCUT2D eigenvalue weighted by atomic mass is 35.5. The Morgan fingerprint density at radius 3 is 2.61 bits per heavy atom. The highest BCUT2D eigenvalue weighted by molar-refractivity contribution is 6.35. The Hall–Kier alpha value is -2.93. The van der Waals surface area contributed by atoms with Crippen LogP contribution in [0.4, 0.5) is 13.6 Å². The van der Waals surface area contributed by atoms with Gasteiger partial charge in [0.15, 0.2) is 11.6 Å². The van der Waals surface area contributed by atoms with Gasteiger partial charge in [-0.25, -0.2) is 13.6 Å². The lowest BCUT2D eigenvalue weighted by Crippen LogP contribution is -2.32. The van der Waals surface area contributed by atoms with Crippen molar-refractivity contribution in [3.63, 3.8) is 0 Å². The van der Waals surface area contributed by atoms with E-state index in [-0.39, 0.29) is 26.0 Å². The fourth-order valence-corrected chi connectivity index (χ4v) is 3.50. The number of halogens is 3. The third kappa shape index (κ3) is 3.33. The van der Waals surface area contributed by atoms with Crippen molar-refractivity contribution in [3.05, 3.63) is 70.4 Å². The molecule has 146 valence electrons. The molecular formula is C20H18ClF2N3O2. The molecule has 0 saturated carbocycles. The van der Waals surface area contributed by atoms with Crippen LogP contribution < -0.4 is 5.32 Å². The van der Waals surface area contributed by atoms with Crippen LogP contribution in [0.2, 0.25) is 5.02 Å². The van der Waals surface area contributed by atoms with Crippen molar-refractivity contribution in [2.75, 3.05) is 0 Å². The molecule has 2 N–H and O–H groups in total. The van der Waals surface area contributed by atoms with Gasteiger partial charge in [-0.05, 0) is 17.7 Å². The van der Waals surface area contributed by atoms with Gasteiger partial charge in [-0.3, -0.25) is 9.69 Å². The number of aromatic amines is 1. The quantitative estimate of drug-likeness (QED) is 0.632. The molecule has 3 aromatic rings. The van der Waals surface area contributed by atoms with Crippen LogP contribution in [0.1, 0.15) is 18.6 Å². The van der Waals surface area contributed by atoms with Gasteiger partial charge < -0.3 is 10.3 Å². The Labute approximate surface area is 165 Å². The van der Waals surface area contributed by atoms with Crippen LogP contribution in [0, 0.1) is 11.6 Å². The summed E-state index contributed by atoms with van der Waals surface area (Å²) in [5.41, 5.74) is 1.52. The maximum Gasteiger partial charge on any atom is 0.325 e. The number of amides is 3. The summed E-state index contributed by atoms with van der Waals surface area (Å²) in [4.78, 5) is 28.8. The van der Waals surface area contributed by atoms with Gasteiger partial charge in [0.25, 0.3) is 5.91 Å². The summed E-state index contributed by atoms with van der Waals surface area (Å²) in [7, 11) is 0. The van der Waals surface area contributed by atoms with Crippen molar-refractivity contribution in [2.24, 2.45) is 0 Å². The minimum absolute atomic E-state index is 0. The molecule has 1 saturated heterocycles. The van der Waals surface area contributed by atoms with Crippen LogP contribution >= 0.6 is 11.6 Å². The molecule has 0 radical (unpaired) electrons. The first-order valence-electron chi connectivity index (χ1n) is 8.25. The topological polar surface area (TPSA) is 65.2 Å². The molecule has 28 heavy (non-hydrogen) atoms. The molecule has 0 bridgehead atoms. The number of rotatable bonds is 4. The summed E-state index contributed by atoms with van der Waals surface area (Å²) in [5, 5.41) is 4.02. The molecule has 0 spiro atoms. The molecule has 8 heteroatoms. The number of nitrogens with one attached hydrogen (secondary N) is 2. The predicted octanol–water partition coefficient (Wildman–Crippen LogP) is 4.40. The SMILES string of the molecule is C.O=C1N[C@H](Cc2c[nH]c3c(Cl)cccc23)C(=O)N1Cc1cccc(F)c1F. The number of nitrogens with zero attached hydrogens (tertiary/aromatic N) is 1. The Balaban J connectivity index is 0.00000225. The van der Waals surface area contributed by atoms with Gasteiger partial charge in [-0.2, -0.15) is 0 Å². The number of para-hydroxylation sites is 1. The zero-order valence-corrected chi connectivity index (χ0v) is 14.7. The van der Waals surface area contributed by atoms with Gasteiger partial charge in [0.05, 0.1) is 17.1 Å². The van der Waals surface area contributed by atoms with Crippen molar-refractivity contribution in [1.82, 2.24) is 15.2 Å². The van der Waals surface area contributed by atoms with E-state index in [1.54, 1.807) is 18.3 Å². The van der Waals surface area contributed by atoms with Crippen molar-refractivity contribution in [2.45, 2.75) is 26.4 Å². The van der Waals surface area contributed by atoms with E-state index >= 15 is 0 Å². The number of aromatic nitrogens is 1. The molecule has 4 rings (SSSR count). The summed E-state index contributed by atoms with van der Waals surface area (Å²) in [6, 6.07) is 7.66. The molecule has 3 amide bonds. The van der Waals surface area contributed by atoms with E-state index in [1.807, 2.05) is 6.07 Å². The lowest BCUT2D eigenvalue weighted by Gasteiger charge is -2.13. The fourth-order valence-electron chi connectivity index (χ4n) is 3.27. The lowest BCUT2D eigenvalue weighted by atomic mass is 10.0. The second-order valence-electron chi connectivity index (χ2n) is 6.32. The summed E-state index contributed by atoms with van der Waals surface area (Å²) in [6.45, 7) is -0.329. The molecule has 2 heterocycles. The third-order valence-corrected chi connectivity index (χ3v) is 4.96. The number of carbonyl (C=O) groups is 2. The molecular weight excluding hydrogens is 388 g/mol. The number of urea groups is 1. The highest BCUT2D eigenvalue weighted by Gasteiger charge is 2.38. The van der Waals surface area contributed by atoms with Crippen molar-refractivity contribution in [1.29, 1.82) is 0 Å². The van der Waals surface area contributed by atoms with Gasteiger partial charge in [0.2, 0.25) is 0 Å². The van der Waals surface area contributed by atoms with Crippen molar-refractivity contribution < 1.29 is 18.4 Å². The van der Waals surface area contributed by atoms with Gasteiger partial charge in [0, 0.05) is 23.6 Å². The molecule has 1 aliphatic rings. The van der Waals surface area contributed by atoms with Crippen molar-refractivity contribution >= 4 is 34.4 Å². The maximum absolute atomic E-state index is 13.9. The number of hydrogen-bond donors (Lipinski definition) is 2. The highest BCUT2D eigenvalue weighted by Crippen LogP contribution is 2.27. The van der Waals surface area contributed by atoms with E-state index in [1.165, 1.54) is 12.1 Å². The van der Waals surface area contributed by atoms with Gasteiger partial charge >= 0.3 is 6.03 Å². The molecule has 1 aliphatic heterocycles. The number of hydrogen-bond acceptors (Lipinski definition) is 2. The van der Waals surface area contributed by atoms with Crippen molar-refractivity contribution in [3.8, 4) is 0 Å². The van der Waals surface area contributed by atoms with Crippen LogP contribution in [-0.4, -0.2) is 27.9 Å². The Bertz CT molecular complexity index is 1070. The molecule has 0 unspecified atom stereocenters. The summed E-state index contributed by atoms with van der Waals surface area (Å²) in [6.07, 6.45) is 2.00. The molecule has 1 aromatic heterocycles. The number of benzene rings is 2. The van der Waals surface area contributed by atoms with Gasteiger partial charge in [-0.1, -0.05) is 43.3 Å². The molecule has 1 atom stereocenters. The first-order valence-corrected chi connectivity index (χ1v) is 8.62. The fraction of sp³-hybridized carbons (Fsp3) is 0.200. The Kier molecular flexibility index (Phi) is 5.38. The lowest BCUT2D eigenvalue weighted by molar-refractivity contribution is -0.127. The average Bonchev–Trinajstić information content (AvgIpc) is 3.16. The average molecular weight is 406 g/mol. The third-order valence-electron chi connectivity index (χ3n) is 4.64. The monoisotopic (exact) mass is 405 g/mol. The zero-order chi connectivity index (χ0) is 19.1. The number of fused-ring (bicyclic) bond motifs is 1.